The van der Waals surface area contributed by atoms with Gasteiger partial charge in [0.2, 0.25) is 0 Å². The third-order valence-corrected chi connectivity index (χ3v) is 2.48. The maximum absolute atomic E-state index is 5.58. The molecule has 2 aromatic heterocycles. The van der Waals surface area contributed by atoms with Gasteiger partial charge in [-0.05, 0) is 31.5 Å². The molecular formula is C11H16N4. The van der Waals surface area contributed by atoms with Crippen LogP contribution in [0.5, 0.6) is 0 Å². The molecule has 1 atom stereocenters. The van der Waals surface area contributed by atoms with Gasteiger partial charge in [0, 0.05) is 12.1 Å². The molecule has 3 N–H and O–H groups in total. The molecule has 4 heteroatoms. The second-order valence-corrected chi connectivity index (χ2v) is 4.05. The Kier molecular flexibility index (Phi) is 2.68. The van der Waals surface area contributed by atoms with Crippen molar-refractivity contribution in [3.05, 3.63) is 23.7 Å². The van der Waals surface area contributed by atoms with Crippen molar-refractivity contribution in [2.45, 2.75) is 20.3 Å². The minimum absolute atomic E-state index is 0.451. The Hall–Kier alpha value is -1.42. The van der Waals surface area contributed by atoms with E-state index in [-0.39, 0.29) is 0 Å². The van der Waals surface area contributed by atoms with Crippen molar-refractivity contribution < 1.29 is 0 Å². The summed E-state index contributed by atoms with van der Waals surface area (Å²) in [6.07, 6.45) is 0.881. The smallest absolute Gasteiger partial charge is 0.177 e. The molecule has 2 aromatic rings. The van der Waals surface area contributed by atoms with Crippen LogP contribution in [-0.2, 0) is 6.42 Å². The van der Waals surface area contributed by atoms with E-state index in [4.69, 9.17) is 5.73 Å². The van der Waals surface area contributed by atoms with Crippen molar-refractivity contribution in [3.63, 3.8) is 0 Å². The molecule has 0 bridgehead atoms. The number of pyridine rings is 1. The molecular weight excluding hydrogens is 188 g/mol. The molecule has 2 rings (SSSR count). The molecule has 80 valence electrons. The van der Waals surface area contributed by atoms with E-state index in [2.05, 4.69) is 21.9 Å². The van der Waals surface area contributed by atoms with Crippen molar-refractivity contribution in [3.8, 4) is 0 Å². The first-order valence-corrected chi connectivity index (χ1v) is 5.21. The van der Waals surface area contributed by atoms with E-state index in [0.29, 0.717) is 12.5 Å². The highest BCUT2D eigenvalue weighted by Crippen LogP contribution is 2.11. The Labute approximate surface area is 88.9 Å². The molecule has 4 nitrogen and oxygen atoms in total. The fourth-order valence-corrected chi connectivity index (χ4v) is 1.55. The van der Waals surface area contributed by atoms with Crippen LogP contribution in [0.25, 0.3) is 11.2 Å². The SMILES string of the molecule is Cc1ccc2[nH]c(CC(C)CN)nc2n1. The summed E-state index contributed by atoms with van der Waals surface area (Å²) in [6.45, 7) is 4.77. The summed E-state index contributed by atoms with van der Waals surface area (Å²) in [5, 5.41) is 0. The van der Waals surface area contributed by atoms with Crippen LogP contribution in [0.15, 0.2) is 12.1 Å². The van der Waals surface area contributed by atoms with Gasteiger partial charge in [-0.25, -0.2) is 9.97 Å². The van der Waals surface area contributed by atoms with Gasteiger partial charge in [0.05, 0.1) is 5.52 Å². The maximum Gasteiger partial charge on any atom is 0.177 e. The highest BCUT2D eigenvalue weighted by Gasteiger charge is 2.07. The second-order valence-electron chi connectivity index (χ2n) is 4.05. The number of aromatic amines is 1. The van der Waals surface area contributed by atoms with Gasteiger partial charge in [0.25, 0.3) is 0 Å². The summed E-state index contributed by atoms with van der Waals surface area (Å²) < 4.78 is 0. The molecule has 0 fully saturated rings. The van der Waals surface area contributed by atoms with Crippen molar-refractivity contribution in [1.29, 1.82) is 0 Å². The molecule has 2 heterocycles. The van der Waals surface area contributed by atoms with E-state index >= 15 is 0 Å². The Bertz CT molecular complexity index is 461. The predicted molar refractivity (Wildman–Crippen MR) is 60.5 cm³/mol. The molecule has 0 aliphatic carbocycles. The van der Waals surface area contributed by atoms with Gasteiger partial charge < -0.3 is 10.7 Å². The van der Waals surface area contributed by atoms with Crippen molar-refractivity contribution in [2.24, 2.45) is 11.7 Å². The molecule has 0 saturated heterocycles. The Morgan fingerprint density at radius 2 is 2.20 bits per heavy atom. The van der Waals surface area contributed by atoms with Gasteiger partial charge in [0.1, 0.15) is 5.82 Å². The standard InChI is InChI=1S/C11H16N4/c1-7(6-12)5-10-14-9-4-3-8(2)13-11(9)15-10/h3-4,7H,5-6,12H2,1-2H3,(H,13,14,15). The number of imidazole rings is 1. The van der Waals surface area contributed by atoms with E-state index in [1.807, 2.05) is 19.1 Å². The lowest BCUT2D eigenvalue weighted by molar-refractivity contribution is 0.578. The summed E-state index contributed by atoms with van der Waals surface area (Å²) in [5.41, 5.74) is 8.37. The van der Waals surface area contributed by atoms with Gasteiger partial charge in [-0.3, -0.25) is 0 Å². The average molecular weight is 204 g/mol. The van der Waals surface area contributed by atoms with Crippen LogP contribution in [0.2, 0.25) is 0 Å². The molecule has 0 amide bonds. The van der Waals surface area contributed by atoms with Gasteiger partial charge in [-0.15, -0.1) is 0 Å². The fourth-order valence-electron chi connectivity index (χ4n) is 1.55. The van der Waals surface area contributed by atoms with Gasteiger partial charge in [-0.1, -0.05) is 6.92 Å². The Morgan fingerprint density at radius 1 is 1.40 bits per heavy atom. The minimum Gasteiger partial charge on any atom is -0.341 e. The fraction of sp³-hybridized carbons (Fsp3) is 0.455. The number of fused-ring (bicyclic) bond motifs is 1. The number of rotatable bonds is 3. The normalized spacial score (nSPS) is 13.3. The Balaban J connectivity index is 2.30. The van der Waals surface area contributed by atoms with Crippen LogP contribution in [0.3, 0.4) is 0 Å². The summed E-state index contributed by atoms with van der Waals surface area (Å²) in [6, 6.07) is 4.00. The first kappa shape index (κ1) is 10.1. The van der Waals surface area contributed by atoms with Crippen molar-refractivity contribution >= 4 is 11.2 Å². The number of nitrogens with two attached hydrogens (primary N) is 1. The molecule has 15 heavy (non-hydrogen) atoms. The highest BCUT2D eigenvalue weighted by atomic mass is 15.0. The third kappa shape index (κ3) is 2.15. The van der Waals surface area contributed by atoms with Gasteiger partial charge in [-0.2, -0.15) is 0 Å². The quantitative estimate of drug-likeness (QED) is 0.794. The summed E-state index contributed by atoms with van der Waals surface area (Å²) in [5.74, 6) is 1.42. The summed E-state index contributed by atoms with van der Waals surface area (Å²) in [7, 11) is 0. The average Bonchev–Trinajstić information content (AvgIpc) is 2.59. The molecule has 0 radical (unpaired) electrons. The van der Waals surface area contributed by atoms with Crippen LogP contribution in [0, 0.1) is 12.8 Å². The monoisotopic (exact) mass is 204 g/mol. The first-order valence-electron chi connectivity index (χ1n) is 5.21. The summed E-state index contributed by atoms with van der Waals surface area (Å²) in [4.78, 5) is 12.1. The van der Waals surface area contributed by atoms with Crippen LogP contribution in [-0.4, -0.2) is 21.5 Å². The zero-order chi connectivity index (χ0) is 10.8. The number of aromatic nitrogens is 3. The van der Waals surface area contributed by atoms with E-state index in [0.717, 1.165) is 29.1 Å². The molecule has 0 saturated carbocycles. The highest BCUT2D eigenvalue weighted by molar-refractivity contribution is 5.70. The zero-order valence-corrected chi connectivity index (χ0v) is 9.12. The minimum atomic E-state index is 0.451. The van der Waals surface area contributed by atoms with E-state index in [1.165, 1.54) is 0 Å². The predicted octanol–water partition coefficient (Wildman–Crippen LogP) is 1.40. The molecule has 0 aliphatic heterocycles. The molecule has 0 aliphatic rings. The van der Waals surface area contributed by atoms with Crippen molar-refractivity contribution in [1.82, 2.24) is 15.0 Å². The van der Waals surface area contributed by atoms with E-state index in [9.17, 15) is 0 Å². The van der Waals surface area contributed by atoms with Crippen molar-refractivity contribution in [2.75, 3.05) is 6.54 Å². The molecule has 1 unspecified atom stereocenters. The van der Waals surface area contributed by atoms with Crippen LogP contribution >= 0.6 is 0 Å². The van der Waals surface area contributed by atoms with Gasteiger partial charge in [0.15, 0.2) is 5.65 Å². The number of nitrogens with zero attached hydrogens (tertiary/aromatic N) is 2. The number of hydrogen-bond donors (Lipinski definition) is 2. The van der Waals surface area contributed by atoms with Crippen LogP contribution in [0.1, 0.15) is 18.4 Å². The number of hydrogen-bond acceptors (Lipinski definition) is 3. The maximum atomic E-state index is 5.58. The van der Waals surface area contributed by atoms with Crippen LogP contribution in [0.4, 0.5) is 0 Å². The number of aryl methyl sites for hydroxylation is 1. The first-order chi connectivity index (χ1) is 7.19. The number of nitrogens with one attached hydrogen (secondary N) is 1. The lowest BCUT2D eigenvalue weighted by atomic mass is 10.1. The summed E-state index contributed by atoms with van der Waals surface area (Å²) >= 11 is 0. The van der Waals surface area contributed by atoms with E-state index in [1.54, 1.807) is 0 Å². The third-order valence-electron chi connectivity index (χ3n) is 2.48. The number of H-pyrrole nitrogens is 1. The second kappa shape index (κ2) is 3.98. The van der Waals surface area contributed by atoms with Crippen LogP contribution < -0.4 is 5.73 Å². The molecule has 0 spiro atoms. The largest absolute Gasteiger partial charge is 0.341 e. The molecule has 0 aromatic carbocycles. The lowest BCUT2D eigenvalue weighted by Crippen LogP contribution is -2.13. The van der Waals surface area contributed by atoms with Gasteiger partial charge >= 0.3 is 0 Å². The lowest BCUT2D eigenvalue weighted by Gasteiger charge is -2.03. The Morgan fingerprint density at radius 3 is 2.93 bits per heavy atom. The van der Waals surface area contributed by atoms with E-state index < -0.39 is 0 Å². The topological polar surface area (TPSA) is 67.6 Å². The zero-order valence-electron chi connectivity index (χ0n) is 9.12.